The van der Waals surface area contributed by atoms with E-state index < -0.39 is 0 Å². The summed E-state index contributed by atoms with van der Waals surface area (Å²) in [7, 11) is 5.74. The highest BCUT2D eigenvalue weighted by Crippen LogP contribution is 2.30. The van der Waals surface area contributed by atoms with Gasteiger partial charge in [0.2, 0.25) is 11.8 Å². The lowest BCUT2D eigenvalue weighted by molar-refractivity contribution is -0.134. The van der Waals surface area contributed by atoms with Crippen LogP contribution in [0.2, 0.25) is 0 Å². The van der Waals surface area contributed by atoms with Crippen molar-refractivity contribution < 1.29 is 9.59 Å². The van der Waals surface area contributed by atoms with Crippen LogP contribution in [-0.2, 0) is 22.7 Å². The van der Waals surface area contributed by atoms with Gasteiger partial charge in [0.05, 0.1) is 12.2 Å². The van der Waals surface area contributed by atoms with Crippen LogP contribution in [0, 0.1) is 5.92 Å². The van der Waals surface area contributed by atoms with Crippen molar-refractivity contribution in [2.75, 3.05) is 32.6 Å². The molecule has 1 saturated carbocycles. The summed E-state index contributed by atoms with van der Waals surface area (Å²) in [6.07, 6.45) is 4.68. The van der Waals surface area contributed by atoms with E-state index in [9.17, 15) is 9.59 Å². The number of carbonyl (C=O) groups excluding carboxylic acids is 2. The van der Waals surface area contributed by atoms with Gasteiger partial charge in [-0.25, -0.2) is 9.97 Å². The lowest BCUT2D eigenvalue weighted by Gasteiger charge is -2.22. The van der Waals surface area contributed by atoms with Gasteiger partial charge in [0.1, 0.15) is 11.6 Å². The van der Waals surface area contributed by atoms with Crippen molar-refractivity contribution >= 4 is 17.6 Å². The zero-order valence-corrected chi connectivity index (χ0v) is 19.3. The molecular weight excluding hydrogens is 402 g/mol. The fourth-order valence-electron chi connectivity index (χ4n) is 4.71. The number of anilines is 1. The average Bonchev–Trinajstić information content (AvgIpc) is 3.44. The SMILES string of the molecule is CN(Cc1nc([C@@H]2CC(=O)N(Cc3ccccc3)C2)cc(N(C)C)n1)C(=O)C1CCCC1. The Bertz CT molecular complexity index is 956. The fourth-order valence-corrected chi connectivity index (χ4v) is 4.71. The highest BCUT2D eigenvalue weighted by molar-refractivity contribution is 5.80. The van der Waals surface area contributed by atoms with Gasteiger partial charge in [-0.05, 0) is 18.4 Å². The molecule has 1 atom stereocenters. The second-order valence-corrected chi connectivity index (χ2v) is 9.30. The lowest BCUT2D eigenvalue weighted by atomic mass is 10.0. The van der Waals surface area contributed by atoms with Crippen LogP contribution in [0.3, 0.4) is 0 Å². The third-order valence-corrected chi connectivity index (χ3v) is 6.55. The third kappa shape index (κ3) is 5.09. The number of aromatic nitrogens is 2. The van der Waals surface area contributed by atoms with E-state index in [0.717, 1.165) is 42.8 Å². The second-order valence-electron chi connectivity index (χ2n) is 9.30. The predicted octanol–water partition coefficient (Wildman–Crippen LogP) is 3.21. The maximum absolute atomic E-state index is 12.8. The molecule has 0 N–H and O–H groups in total. The lowest BCUT2D eigenvalue weighted by Crippen LogP contribution is -2.32. The number of nitrogens with zero attached hydrogens (tertiary/aromatic N) is 5. The number of hydrogen-bond donors (Lipinski definition) is 0. The Morgan fingerprint density at radius 1 is 1.09 bits per heavy atom. The molecule has 1 aromatic heterocycles. The van der Waals surface area contributed by atoms with E-state index in [1.807, 2.05) is 67.3 Å². The Labute approximate surface area is 190 Å². The van der Waals surface area contributed by atoms with Crippen molar-refractivity contribution in [3.8, 4) is 0 Å². The minimum Gasteiger partial charge on any atom is -0.363 e. The number of benzene rings is 1. The van der Waals surface area contributed by atoms with Gasteiger partial charge in [0.15, 0.2) is 0 Å². The molecule has 0 radical (unpaired) electrons. The molecule has 2 fully saturated rings. The predicted molar refractivity (Wildman–Crippen MR) is 124 cm³/mol. The average molecular weight is 436 g/mol. The largest absolute Gasteiger partial charge is 0.363 e. The van der Waals surface area contributed by atoms with Crippen LogP contribution in [0.1, 0.15) is 55.1 Å². The Balaban J connectivity index is 1.50. The first-order valence-electron chi connectivity index (χ1n) is 11.5. The first-order valence-corrected chi connectivity index (χ1v) is 11.5. The Hall–Kier alpha value is -2.96. The maximum Gasteiger partial charge on any atom is 0.225 e. The quantitative estimate of drug-likeness (QED) is 0.668. The first-order chi connectivity index (χ1) is 15.4. The summed E-state index contributed by atoms with van der Waals surface area (Å²) < 4.78 is 0. The van der Waals surface area contributed by atoms with E-state index in [2.05, 4.69) is 4.98 Å². The zero-order valence-electron chi connectivity index (χ0n) is 19.3. The topological polar surface area (TPSA) is 69.6 Å². The van der Waals surface area contributed by atoms with Gasteiger partial charge in [-0.3, -0.25) is 9.59 Å². The van der Waals surface area contributed by atoms with E-state index >= 15 is 0 Å². The van der Waals surface area contributed by atoms with Crippen LogP contribution < -0.4 is 4.90 Å². The van der Waals surface area contributed by atoms with E-state index in [1.165, 1.54) is 0 Å². The van der Waals surface area contributed by atoms with Gasteiger partial charge in [-0.15, -0.1) is 0 Å². The summed E-state index contributed by atoms with van der Waals surface area (Å²) in [4.78, 5) is 40.6. The molecule has 1 aromatic carbocycles. The monoisotopic (exact) mass is 435 g/mol. The van der Waals surface area contributed by atoms with Gasteiger partial charge >= 0.3 is 0 Å². The third-order valence-electron chi connectivity index (χ3n) is 6.55. The summed E-state index contributed by atoms with van der Waals surface area (Å²) in [6.45, 7) is 1.65. The van der Waals surface area contributed by atoms with Crippen molar-refractivity contribution in [1.29, 1.82) is 0 Å². The molecule has 1 aliphatic heterocycles. The zero-order chi connectivity index (χ0) is 22.7. The van der Waals surface area contributed by atoms with Crippen molar-refractivity contribution in [2.45, 2.75) is 51.1 Å². The number of amides is 2. The molecule has 7 nitrogen and oxygen atoms in total. The molecule has 1 saturated heterocycles. The van der Waals surface area contributed by atoms with Crippen molar-refractivity contribution in [3.05, 3.63) is 53.5 Å². The first kappa shape index (κ1) is 22.2. The number of rotatable bonds is 7. The Kier molecular flexibility index (Phi) is 6.72. The highest BCUT2D eigenvalue weighted by atomic mass is 16.2. The van der Waals surface area contributed by atoms with E-state index in [0.29, 0.717) is 31.9 Å². The molecule has 0 spiro atoms. The second kappa shape index (κ2) is 9.67. The Morgan fingerprint density at radius 3 is 2.50 bits per heavy atom. The van der Waals surface area contributed by atoms with Crippen LogP contribution in [0.25, 0.3) is 0 Å². The molecule has 0 bridgehead atoms. The molecule has 4 rings (SSSR count). The highest BCUT2D eigenvalue weighted by Gasteiger charge is 2.32. The minimum atomic E-state index is 0.0301. The van der Waals surface area contributed by atoms with Crippen LogP contribution in [0.4, 0.5) is 5.82 Å². The molecule has 0 unspecified atom stereocenters. The maximum atomic E-state index is 12.8. The summed E-state index contributed by atoms with van der Waals surface area (Å²) >= 11 is 0. The summed E-state index contributed by atoms with van der Waals surface area (Å²) in [6, 6.07) is 12.0. The van der Waals surface area contributed by atoms with Gasteiger partial charge in [0, 0.05) is 58.6 Å². The van der Waals surface area contributed by atoms with Crippen molar-refractivity contribution in [3.63, 3.8) is 0 Å². The fraction of sp³-hybridized carbons (Fsp3) is 0.520. The number of carbonyl (C=O) groups is 2. The van der Waals surface area contributed by atoms with Crippen LogP contribution in [0.15, 0.2) is 36.4 Å². The van der Waals surface area contributed by atoms with Gasteiger partial charge in [0.25, 0.3) is 0 Å². The number of likely N-dealkylation sites (tertiary alicyclic amines) is 1. The molecule has 32 heavy (non-hydrogen) atoms. The van der Waals surface area contributed by atoms with Gasteiger partial charge < -0.3 is 14.7 Å². The molecule has 1 aliphatic carbocycles. The molecular formula is C25H33N5O2. The van der Waals surface area contributed by atoms with Crippen LogP contribution in [-0.4, -0.2) is 59.3 Å². The summed E-state index contributed by atoms with van der Waals surface area (Å²) in [5, 5.41) is 0. The minimum absolute atomic E-state index is 0.0301. The molecule has 170 valence electrons. The molecule has 7 heteroatoms. The van der Waals surface area contributed by atoms with E-state index in [-0.39, 0.29) is 23.7 Å². The van der Waals surface area contributed by atoms with Crippen molar-refractivity contribution in [1.82, 2.24) is 19.8 Å². The summed E-state index contributed by atoms with van der Waals surface area (Å²) in [5.74, 6) is 1.94. The molecule has 2 heterocycles. The summed E-state index contributed by atoms with van der Waals surface area (Å²) in [5.41, 5.74) is 2.01. The van der Waals surface area contributed by atoms with E-state index in [1.54, 1.807) is 4.90 Å². The Morgan fingerprint density at radius 2 is 1.81 bits per heavy atom. The van der Waals surface area contributed by atoms with Gasteiger partial charge in [-0.2, -0.15) is 0 Å². The molecule has 2 amide bonds. The van der Waals surface area contributed by atoms with Crippen LogP contribution >= 0.6 is 0 Å². The normalized spacial score (nSPS) is 18.9. The van der Waals surface area contributed by atoms with Crippen LogP contribution in [0.5, 0.6) is 0 Å². The number of hydrogen-bond acceptors (Lipinski definition) is 5. The van der Waals surface area contributed by atoms with Crippen molar-refractivity contribution in [2.24, 2.45) is 5.92 Å². The van der Waals surface area contributed by atoms with Gasteiger partial charge in [-0.1, -0.05) is 43.2 Å². The van der Waals surface area contributed by atoms with E-state index in [4.69, 9.17) is 4.98 Å². The smallest absolute Gasteiger partial charge is 0.225 e. The molecule has 2 aromatic rings. The molecule has 2 aliphatic rings. The standard InChI is InChI=1S/C25H33N5O2/c1-28(2)23-14-21(20-13-24(31)30(16-20)15-18-9-5-4-6-10-18)26-22(27-23)17-29(3)25(32)19-11-7-8-12-19/h4-6,9-10,14,19-20H,7-8,11-13,15-17H2,1-3H3/t20-/m1/s1.